The average Bonchev–Trinajstić information content (AvgIpc) is 2.53. The third-order valence-corrected chi connectivity index (χ3v) is 3.75. The summed E-state index contributed by atoms with van der Waals surface area (Å²) in [6.45, 7) is 0.851. The monoisotopic (exact) mass is 280 g/mol. The molecule has 5 nitrogen and oxygen atoms in total. The highest BCUT2D eigenvalue weighted by Gasteiger charge is 2.21. The first-order valence-electron chi connectivity index (χ1n) is 7.07. The van der Waals surface area contributed by atoms with E-state index in [9.17, 15) is 0 Å². The molecule has 2 atom stereocenters. The third kappa shape index (κ3) is 3.85. The van der Waals surface area contributed by atoms with E-state index in [2.05, 4.69) is 5.43 Å². The largest absolute Gasteiger partial charge is 0.497 e. The molecule has 1 aliphatic heterocycles. The Labute approximate surface area is 120 Å². The maximum absolute atomic E-state index is 5.79. The molecule has 0 bridgehead atoms. The molecule has 0 aliphatic carbocycles. The van der Waals surface area contributed by atoms with Crippen molar-refractivity contribution in [2.24, 2.45) is 5.84 Å². The fraction of sp³-hybridized carbons (Fsp3) is 0.600. The third-order valence-electron chi connectivity index (χ3n) is 3.75. The molecule has 1 aromatic carbocycles. The van der Waals surface area contributed by atoms with E-state index < -0.39 is 0 Å². The maximum atomic E-state index is 5.79. The van der Waals surface area contributed by atoms with Crippen molar-refractivity contribution >= 4 is 0 Å². The molecule has 0 aromatic heterocycles. The van der Waals surface area contributed by atoms with Gasteiger partial charge in [-0.2, -0.15) is 0 Å². The molecule has 0 spiro atoms. The van der Waals surface area contributed by atoms with Crippen molar-refractivity contribution in [2.45, 2.75) is 37.8 Å². The highest BCUT2D eigenvalue weighted by atomic mass is 16.5. The van der Waals surface area contributed by atoms with Gasteiger partial charge >= 0.3 is 0 Å². The van der Waals surface area contributed by atoms with E-state index in [1.54, 1.807) is 14.2 Å². The maximum Gasteiger partial charge on any atom is 0.122 e. The molecule has 1 fully saturated rings. The summed E-state index contributed by atoms with van der Waals surface area (Å²) in [6, 6.07) is 5.85. The highest BCUT2D eigenvalue weighted by molar-refractivity contribution is 5.39. The lowest BCUT2D eigenvalue weighted by molar-refractivity contribution is 0.00500. The first-order valence-corrected chi connectivity index (χ1v) is 7.07. The average molecular weight is 280 g/mol. The van der Waals surface area contributed by atoms with Crippen molar-refractivity contribution in [1.82, 2.24) is 5.43 Å². The molecule has 20 heavy (non-hydrogen) atoms. The molecular weight excluding hydrogens is 256 g/mol. The van der Waals surface area contributed by atoms with E-state index >= 15 is 0 Å². The summed E-state index contributed by atoms with van der Waals surface area (Å²) in [7, 11) is 3.29. The minimum atomic E-state index is 0.0297. The van der Waals surface area contributed by atoms with Crippen molar-refractivity contribution < 1.29 is 14.2 Å². The number of hydrogen-bond acceptors (Lipinski definition) is 5. The van der Waals surface area contributed by atoms with Crippen LogP contribution < -0.4 is 20.7 Å². The van der Waals surface area contributed by atoms with E-state index in [-0.39, 0.29) is 12.1 Å². The van der Waals surface area contributed by atoms with Crippen LogP contribution in [0.1, 0.15) is 37.3 Å². The molecule has 1 aliphatic rings. The second kappa shape index (κ2) is 7.47. The zero-order valence-corrected chi connectivity index (χ0v) is 12.2. The van der Waals surface area contributed by atoms with Gasteiger partial charge in [-0.15, -0.1) is 0 Å². The lowest BCUT2D eigenvalue weighted by atomic mass is 9.96. The Kier molecular flexibility index (Phi) is 5.64. The van der Waals surface area contributed by atoms with Gasteiger partial charge in [0, 0.05) is 18.7 Å². The lowest BCUT2D eigenvalue weighted by Crippen LogP contribution is -2.32. The number of benzene rings is 1. The first kappa shape index (κ1) is 15.1. The molecule has 2 unspecified atom stereocenters. The van der Waals surface area contributed by atoms with Crippen LogP contribution in [0.3, 0.4) is 0 Å². The molecule has 2 rings (SSSR count). The van der Waals surface area contributed by atoms with Crippen LogP contribution in [0.2, 0.25) is 0 Å². The van der Waals surface area contributed by atoms with Gasteiger partial charge in [-0.05, 0) is 43.4 Å². The summed E-state index contributed by atoms with van der Waals surface area (Å²) in [4.78, 5) is 0. The number of ether oxygens (including phenoxy) is 3. The van der Waals surface area contributed by atoms with Crippen LogP contribution in [0, 0.1) is 0 Å². The summed E-state index contributed by atoms with van der Waals surface area (Å²) in [5, 5.41) is 0. The van der Waals surface area contributed by atoms with Gasteiger partial charge in [-0.25, -0.2) is 0 Å². The van der Waals surface area contributed by atoms with Crippen molar-refractivity contribution in [2.75, 3.05) is 20.8 Å². The number of hydrogen-bond donors (Lipinski definition) is 2. The Bertz CT molecular complexity index is 397. The summed E-state index contributed by atoms with van der Waals surface area (Å²) < 4.78 is 16.4. The van der Waals surface area contributed by atoms with Crippen LogP contribution in [-0.2, 0) is 4.74 Å². The van der Waals surface area contributed by atoms with Gasteiger partial charge in [0.25, 0.3) is 0 Å². The first-order chi connectivity index (χ1) is 9.76. The molecule has 1 heterocycles. The second-order valence-corrected chi connectivity index (χ2v) is 5.09. The number of nitrogens with one attached hydrogen (secondary N) is 1. The Balaban J connectivity index is 2.12. The van der Waals surface area contributed by atoms with Crippen molar-refractivity contribution in [1.29, 1.82) is 0 Å². The van der Waals surface area contributed by atoms with Crippen LogP contribution in [0.25, 0.3) is 0 Å². The Morgan fingerprint density at radius 1 is 1.25 bits per heavy atom. The normalized spacial score (nSPS) is 20.4. The molecule has 3 N–H and O–H groups in total. The van der Waals surface area contributed by atoms with Gasteiger partial charge in [0.2, 0.25) is 0 Å². The minimum absolute atomic E-state index is 0.0297. The predicted octanol–water partition coefficient (Wildman–Crippen LogP) is 2.17. The fourth-order valence-electron chi connectivity index (χ4n) is 2.59. The van der Waals surface area contributed by atoms with Gasteiger partial charge in [0.05, 0.1) is 20.3 Å². The molecule has 1 saturated heterocycles. The molecule has 5 heteroatoms. The Hall–Kier alpha value is -1.30. The number of hydrazine groups is 1. The van der Waals surface area contributed by atoms with Crippen molar-refractivity contribution in [3.05, 3.63) is 23.8 Å². The van der Waals surface area contributed by atoms with Gasteiger partial charge < -0.3 is 14.2 Å². The van der Waals surface area contributed by atoms with E-state index in [0.29, 0.717) is 0 Å². The van der Waals surface area contributed by atoms with Crippen LogP contribution in [-0.4, -0.2) is 26.9 Å². The standard InChI is InChI=1S/C15H24N2O3/c1-18-13-7-11(8-14(9-13)19-2)15(17-16)10-12-5-3-4-6-20-12/h7-9,12,15,17H,3-6,10,16H2,1-2H3. The van der Waals surface area contributed by atoms with E-state index in [1.165, 1.54) is 6.42 Å². The van der Waals surface area contributed by atoms with Crippen LogP contribution >= 0.6 is 0 Å². The number of rotatable bonds is 6. The smallest absolute Gasteiger partial charge is 0.122 e. The SMILES string of the molecule is COc1cc(OC)cc(C(CC2CCCCO2)NN)c1. The van der Waals surface area contributed by atoms with Crippen molar-refractivity contribution in [3.63, 3.8) is 0 Å². The lowest BCUT2D eigenvalue weighted by Gasteiger charge is -2.27. The highest BCUT2D eigenvalue weighted by Crippen LogP contribution is 2.30. The molecular formula is C15H24N2O3. The summed E-state index contributed by atoms with van der Waals surface area (Å²) in [6.07, 6.45) is 4.60. The Morgan fingerprint density at radius 2 is 1.95 bits per heavy atom. The van der Waals surface area contributed by atoms with E-state index in [0.717, 1.165) is 42.9 Å². The molecule has 0 radical (unpaired) electrons. The van der Waals surface area contributed by atoms with E-state index in [4.69, 9.17) is 20.1 Å². The second-order valence-electron chi connectivity index (χ2n) is 5.09. The number of nitrogens with two attached hydrogens (primary N) is 1. The van der Waals surface area contributed by atoms with Gasteiger partial charge in [0.1, 0.15) is 11.5 Å². The van der Waals surface area contributed by atoms with Crippen LogP contribution in [0.5, 0.6) is 11.5 Å². The Morgan fingerprint density at radius 3 is 2.45 bits per heavy atom. The van der Waals surface area contributed by atoms with Gasteiger partial charge in [-0.1, -0.05) is 0 Å². The van der Waals surface area contributed by atoms with Crippen LogP contribution in [0.4, 0.5) is 0 Å². The zero-order chi connectivity index (χ0) is 14.4. The van der Waals surface area contributed by atoms with Gasteiger partial charge in [0.15, 0.2) is 0 Å². The number of methoxy groups -OCH3 is 2. The molecule has 0 amide bonds. The van der Waals surface area contributed by atoms with E-state index in [1.807, 2.05) is 18.2 Å². The summed E-state index contributed by atoms with van der Waals surface area (Å²) in [5.74, 6) is 7.25. The molecule has 112 valence electrons. The predicted molar refractivity (Wildman–Crippen MR) is 77.8 cm³/mol. The van der Waals surface area contributed by atoms with Gasteiger partial charge in [-0.3, -0.25) is 11.3 Å². The van der Waals surface area contributed by atoms with Crippen LogP contribution in [0.15, 0.2) is 18.2 Å². The molecule has 0 saturated carbocycles. The van der Waals surface area contributed by atoms with Crippen molar-refractivity contribution in [3.8, 4) is 11.5 Å². The fourth-order valence-corrected chi connectivity index (χ4v) is 2.59. The summed E-state index contributed by atoms with van der Waals surface area (Å²) in [5.41, 5.74) is 3.93. The quantitative estimate of drug-likeness (QED) is 0.617. The summed E-state index contributed by atoms with van der Waals surface area (Å²) >= 11 is 0. The minimum Gasteiger partial charge on any atom is -0.497 e. The molecule has 1 aromatic rings. The topological polar surface area (TPSA) is 65.7 Å². The zero-order valence-electron chi connectivity index (χ0n) is 12.2.